The van der Waals surface area contributed by atoms with Crippen molar-refractivity contribution in [2.24, 2.45) is 0 Å². The quantitative estimate of drug-likeness (QED) is 0.681. The van der Waals surface area contributed by atoms with Gasteiger partial charge in [-0.25, -0.2) is 9.31 Å². The molecule has 0 atom stereocenters. The third-order valence-electron chi connectivity index (χ3n) is 3.14. The van der Waals surface area contributed by atoms with Gasteiger partial charge in [0.1, 0.15) is 0 Å². The van der Waals surface area contributed by atoms with Crippen molar-refractivity contribution in [3.05, 3.63) is 52.7 Å². The van der Waals surface area contributed by atoms with E-state index in [0.29, 0.717) is 22.9 Å². The molecule has 3 rings (SSSR count). The van der Waals surface area contributed by atoms with Crippen LogP contribution in [0.15, 0.2) is 36.4 Å². The predicted octanol–water partition coefficient (Wildman–Crippen LogP) is 2.28. The lowest BCUT2D eigenvalue weighted by Gasteiger charge is -2.11. The Morgan fingerprint density at radius 3 is 2.82 bits per heavy atom. The molecule has 0 aliphatic carbocycles. The first-order valence-electron chi connectivity index (χ1n) is 6.42. The lowest BCUT2D eigenvalue weighted by molar-refractivity contribution is 0.0688. The Hall–Kier alpha value is -2.80. The van der Waals surface area contributed by atoms with Crippen molar-refractivity contribution in [1.82, 2.24) is 14.6 Å². The van der Waals surface area contributed by atoms with Gasteiger partial charge in [0.25, 0.3) is 0 Å². The largest absolute Gasteiger partial charge is 0.476 e. The number of aromatic carboxylic acids is 1. The van der Waals surface area contributed by atoms with E-state index in [4.69, 9.17) is 17.3 Å². The summed E-state index contributed by atoms with van der Waals surface area (Å²) in [6.07, 6.45) is 0. The topological polar surface area (TPSA) is 106 Å². The summed E-state index contributed by atoms with van der Waals surface area (Å²) >= 11 is 6.09. The van der Waals surface area contributed by atoms with Crippen molar-refractivity contribution in [2.75, 3.05) is 11.1 Å². The number of carboxylic acid groups (broad SMARTS) is 1. The number of halogens is 1. The van der Waals surface area contributed by atoms with Crippen LogP contribution in [0.4, 0.5) is 11.6 Å². The minimum absolute atomic E-state index is 0.0192. The molecule has 0 bridgehead atoms. The number of carboxylic acids is 1. The van der Waals surface area contributed by atoms with Crippen LogP contribution in [0, 0.1) is 0 Å². The SMILES string of the molecule is Nc1nc2ccc(NCc3ccccc3Cl)c(C(=O)O)n2n1. The second-order valence-corrected chi connectivity index (χ2v) is 4.99. The van der Waals surface area contributed by atoms with Gasteiger partial charge in [-0.1, -0.05) is 29.8 Å². The zero-order valence-electron chi connectivity index (χ0n) is 11.3. The van der Waals surface area contributed by atoms with Crippen molar-refractivity contribution in [3.8, 4) is 0 Å². The standard InChI is InChI=1S/C14H12ClN5O2/c15-9-4-2-1-3-8(9)7-17-10-5-6-11-18-14(16)19-20(11)12(10)13(21)22/h1-6,17H,7H2,(H2,16,19)(H,21,22). The van der Waals surface area contributed by atoms with Gasteiger partial charge >= 0.3 is 5.97 Å². The number of nitrogen functional groups attached to an aromatic ring is 1. The molecule has 0 saturated carbocycles. The Balaban J connectivity index is 1.98. The molecule has 112 valence electrons. The fourth-order valence-corrected chi connectivity index (χ4v) is 2.35. The monoisotopic (exact) mass is 317 g/mol. The molecule has 7 nitrogen and oxygen atoms in total. The molecule has 0 spiro atoms. The van der Waals surface area contributed by atoms with Crippen LogP contribution < -0.4 is 11.1 Å². The molecule has 0 aliphatic rings. The molecule has 2 aromatic heterocycles. The van der Waals surface area contributed by atoms with Gasteiger partial charge in [0.2, 0.25) is 5.95 Å². The fraction of sp³-hybridized carbons (Fsp3) is 0.0714. The van der Waals surface area contributed by atoms with Crippen LogP contribution in [0.2, 0.25) is 5.02 Å². The van der Waals surface area contributed by atoms with E-state index in [9.17, 15) is 9.90 Å². The molecule has 8 heteroatoms. The Labute approximate surface area is 130 Å². The first kappa shape index (κ1) is 14.2. The first-order chi connectivity index (χ1) is 10.6. The number of rotatable bonds is 4. The number of nitrogens with one attached hydrogen (secondary N) is 1. The summed E-state index contributed by atoms with van der Waals surface area (Å²) in [5.74, 6) is -1.11. The minimum atomic E-state index is -1.13. The van der Waals surface area contributed by atoms with Crippen molar-refractivity contribution in [3.63, 3.8) is 0 Å². The second kappa shape index (κ2) is 5.53. The highest BCUT2D eigenvalue weighted by Crippen LogP contribution is 2.21. The number of carbonyl (C=O) groups is 1. The summed E-state index contributed by atoms with van der Waals surface area (Å²) in [6, 6.07) is 10.6. The molecule has 0 aliphatic heterocycles. The zero-order chi connectivity index (χ0) is 15.7. The van der Waals surface area contributed by atoms with E-state index in [0.717, 1.165) is 5.56 Å². The summed E-state index contributed by atoms with van der Waals surface area (Å²) in [7, 11) is 0. The summed E-state index contributed by atoms with van der Waals surface area (Å²) < 4.78 is 1.20. The van der Waals surface area contributed by atoms with Crippen LogP contribution in [0.3, 0.4) is 0 Å². The van der Waals surface area contributed by atoms with Gasteiger partial charge < -0.3 is 16.2 Å². The van der Waals surface area contributed by atoms with E-state index in [2.05, 4.69) is 15.4 Å². The summed E-state index contributed by atoms with van der Waals surface area (Å²) in [6.45, 7) is 0.385. The van der Waals surface area contributed by atoms with Crippen LogP contribution in [0.1, 0.15) is 16.1 Å². The molecule has 0 amide bonds. The first-order valence-corrected chi connectivity index (χ1v) is 6.80. The van der Waals surface area contributed by atoms with Gasteiger partial charge in [0, 0.05) is 11.6 Å². The Morgan fingerprint density at radius 1 is 1.32 bits per heavy atom. The molecule has 1 aromatic carbocycles. The normalized spacial score (nSPS) is 10.8. The number of hydrogen-bond acceptors (Lipinski definition) is 5. The maximum Gasteiger partial charge on any atom is 0.356 e. The van der Waals surface area contributed by atoms with Gasteiger partial charge in [-0.15, -0.1) is 5.10 Å². The van der Waals surface area contributed by atoms with Gasteiger partial charge in [0.15, 0.2) is 11.3 Å². The highest BCUT2D eigenvalue weighted by atomic mass is 35.5. The van der Waals surface area contributed by atoms with E-state index in [1.165, 1.54) is 4.52 Å². The molecule has 2 heterocycles. The predicted molar refractivity (Wildman–Crippen MR) is 83.1 cm³/mol. The second-order valence-electron chi connectivity index (χ2n) is 4.59. The molecule has 4 N–H and O–H groups in total. The van der Waals surface area contributed by atoms with Crippen molar-refractivity contribution >= 4 is 34.9 Å². The maximum absolute atomic E-state index is 11.5. The number of aromatic nitrogens is 3. The molecule has 22 heavy (non-hydrogen) atoms. The number of nitrogens with zero attached hydrogens (tertiary/aromatic N) is 3. The van der Waals surface area contributed by atoms with Crippen LogP contribution in [-0.4, -0.2) is 25.7 Å². The fourth-order valence-electron chi connectivity index (χ4n) is 2.14. The lowest BCUT2D eigenvalue weighted by atomic mass is 10.2. The average Bonchev–Trinajstić information content (AvgIpc) is 2.85. The van der Waals surface area contributed by atoms with Gasteiger partial charge in [0.05, 0.1) is 5.69 Å². The molecule has 0 radical (unpaired) electrons. The van der Waals surface area contributed by atoms with Crippen molar-refractivity contribution in [2.45, 2.75) is 6.54 Å². The van der Waals surface area contributed by atoms with E-state index in [1.54, 1.807) is 18.2 Å². The van der Waals surface area contributed by atoms with E-state index in [-0.39, 0.29) is 11.6 Å². The van der Waals surface area contributed by atoms with E-state index < -0.39 is 5.97 Å². The highest BCUT2D eigenvalue weighted by molar-refractivity contribution is 6.31. The zero-order valence-corrected chi connectivity index (χ0v) is 12.1. The molecule has 0 unspecified atom stereocenters. The maximum atomic E-state index is 11.5. The van der Waals surface area contributed by atoms with Gasteiger partial charge in [-0.2, -0.15) is 4.98 Å². The third-order valence-corrected chi connectivity index (χ3v) is 3.51. The molecule has 3 aromatic rings. The van der Waals surface area contributed by atoms with Crippen LogP contribution in [0.5, 0.6) is 0 Å². The Kier molecular flexibility index (Phi) is 3.56. The molecule has 0 fully saturated rings. The smallest absolute Gasteiger partial charge is 0.356 e. The third kappa shape index (κ3) is 2.53. The summed E-state index contributed by atoms with van der Waals surface area (Å²) in [4.78, 5) is 15.5. The van der Waals surface area contributed by atoms with Crippen molar-refractivity contribution < 1.29 is 9.90 Å². The number of anilines is 2. The highest BCUT2D eigenvalue weighted by Gasteiger charge is 2.17. The lowest BCUT2D eigenvalue weighted by Crippen LogP contribution is -2.12. The van der Waals surface area contributed by atoms with Gasteiger partial charge in [-0.3, -0.25) is 0 Å². The average molecular weight is 318 g/mol. The number of pyridine rings is 1. The Morgan fingerprint density at radius 2 is 2.09 bits per heavy atom. The van der Waals surface area contributed by atoms with Crippen LogP contribution in [-0.2, 0) is 6.54 Å². The number of nitrogens with two attached hydrogens (primary N) is 1. The van der Waals surface area contributed by atoms with Crippen LogP contribution in [0.25, 0.3) is 5.65 Å². The van der Waals surface area contributed by atoms with E-state index >= 15 is 0 Å². The molecule has 0 saturated heterocycles. The molecular weight excluding hydrogens is 306 g/mol. The molecular formula is C14H12ClN5O2. The van der Waals surface area contributed by atoms with Crippen molar-refractivity contribution in [1.29, 1.82) is 0 Å². The van der Waals surface area contributed by atoms with E-state index in [1.807, 2.05) is 18.2 Å². The Bertz CT molecular complexity index is 862. The van der Waals surface area contributed by atoms with Crippen LogP contribution >= 0.6 is 11.6 Å². The summed E-state index contributed by atoms with van der Waals surface area (Å²) in [5.41, 5.74) is 7.13. The number of benzene rings is 1. The number of fused-ring (bicyclic) bond motifs is 1. The number of hydrogen-bond donors (Lipinski definition) is 3. The minimum Gasteiger partial charge on any atom is -0.476 e. The van der Waals surface area contributed by atoms with Gasteiger partial charge in [-0.05, 0) is 23.8 Å². The summed E-state index contributed by atoms with van der Waals surface area (Å²) in [5, 5.41) is 17.0.